The predicted octanol–water partition coefficient (Wildman–Crippen LogP) is 3.54. The Morgan fingerprint density at radius 2 is 2.00 bits per heavy atom. The summed E-state index contributed by atoms with van der Waals surface area (Å²) < 4.78 is 5.40. The number of hydrogen-bond donors (Lipinski definition) is 2. The Morgan fingerprint density at radius 3 is 2.80 bits per heavy atom. The topological polar surface area (TPSA) is 70.7 Å². The van der Waals surface area contributed by atoms with Crippen molar-refractivity contribution in [3.8, 4) is 0 Å². The lowest BCUT2D eigenvalue weighted by Crippen LogP contribution is -2.48. The molecule has 2 aliphatic heterocycles. The zero-order valence-electron chi connectivity index (χ0n) is 17.6. The van der Waals surface area contributed by atoms with Crippen LogP contribution in [0.1, 0.15) is 35.2 Å². The zero-order valence-corrected chi connectivity index (χ0v) is 17.6. The van der Waals surface area contributed by atoms with E-state index in [2.05, 4.69) is 27.7 Å². The molecule has 0 bridgehead atoms. The Morgan fingerprint density at radius 1 is 1.20 bits per heavy atom. The summed E-state index contributed by atoms with van der Waals surface area (Å²) in [6, 6.07) is 13.4. The summed E-state index contributed by atoms with van der Waals surface area (Å²) in [6.45, 7) is 7.34. The second kappa shape index (κ2) is 8.22. The molecule has 0 aliphatic carbocycles. The fraction of sp³-hybridized carbons (Fsp3) is 0.333. The van der Waals surface area contributed by atoms with Crippen LogP contribution in [0.15, 0.2) is 53.7 Å². The van der Waals surface area contributed by atoms with Gasteiger partial charge in [-0.1, -0.05) is 42.0 Å². The molecule has 0 radical (unpaired) electrons. The van der Waals surface area contributed by atoms with E-state index >= 15 is 0 Å². The Labute approximate surface area is 176 Å². The van der Waals surface area contributed by atoms with Crippen molar-refractivity contribution in [2.75, 3.05) is 24.6 Å². The molecule has 2 N–H and O–H groups in total. The number of carbonyl (C=O) groups is 2. The lowest BCUT2D eigenvalue weighted by Gasteiger charge is -2.32. The highest BCUT2D eigenvalue weighted by Crippen LogP contribution is 2.33. The number of nitrogens with zero attached hydrogens (tertiary/aromatic N) is 1. The Hall–Kier alpha value is -3.28. The van der Waals surface area contributed by atoms with E-state index in [1.54, 1.807) is 6.92 Å². The van der Waals surface area contributed by atoms with Crippen molar-refractivity contribution >= 4 is 17.7 Å². The van der Waals surface area contributed by atoms with Gasteiger partial charge in [0, 0.05) is 12.2 Å². The highest BCUT2D eigenvalue weighted by Gasteiger charge is 2.35. The first-order chi connectivity index (χ1) is 14.5. The molecule has 0 spiro atoms. The Kier molecular flexibility index (Phi) is 5.48. The molecule has 0 saturated carbocycles. The number of ether oxygens (including phenoxy) is 1. The molecule has 6 nitrogen and oxygen atoms in total. The molecule has 156 valence electrons. The fourth-order valence-corrected chi connectivity index (χ4v) is 4.26. The molecule has 2 aromatic carbocycles. The number of amides is 2. The van der Waals surface area contributed by atoms with Gasteiger partial charge in [-0.2, -0.15) is 0 Å². The third kappa shape index (κ3) is 3.77. The van der Waals surface area contributed by atoms with Gasteiger partial charge in [0.15, 0.2) is 0 Å². The van der Waals surface area contributed by atoms with Crippen molar-refractivity contribution in [2.45, 2.75) is 33.2 Å². The predicted molar refractivity (Wildman–Crippen MR) is 116 cm³/mol. The minimum absolute atomic E-state index is 0.273. The number of aryl methyl sites for hydroxylation is 2. The van der Waals surface area contributed by atoms with Crippen LogP contribution in [0, 0.1) is 13.8 Å². The number of fused-ring (bicyclic) bond motifs is 1. The molecule has 2 aromatic rings. The van der Waals surface area contributed by atoms with E-state index in [0.29, 0.717) is 17.8 Å². The van der Waals surface area contributed by atoms with Crippen molar-refractivity contribution in [3.63, 3.8) is 0 Å². The van der Waals surface area contributed by atoms with Gasteiger partial charge >= 0.3 is 12.0 Å². The van der Waals surface area contributed by atoms with Gasteiger partial charge in [-0.05, 0) is 49.9 Å². The number of urea groups is 1. The summed E-state index contributed by atoms with van der Waals surface area (Å²) in [5.41, 5.74) is 6.48. The summed E-state index contributed by atoms with van der Waals surface area (Å²) in [5, 5.41) is 5.82. The number of carbonyl (C=O) groups excluding carboxylic acids is 2. The first-order valence-electron chi connectivity index (χ1n) is 10.4. The maximum atomic E-state index is 13.0. The average Bonchev–Trinajstić information content (AvgIpc) is 3.12. The monoisotopic (exact) mass is 405 g/mol. The number of esters is 1. The van der Waals surface area contributed by atoms with Crippen molar-refractivity contribution in [2.24, 2.45) is 0 Å². The van der Waals surface area contributed by atoms with Crippen LogP contribution >= 0.6 is 0 Å². The van der Waals surface area contributed by atoms with Crippen LogP contribution < -0.4 is 15.5 Å². The van der Waals surface area contributed by atoms with Crippen molar-refractivity contribution in [3.05, 3.63) is 76.0 Å². The number of nitrogens with one attached hydrogen (secondary N) is 2. The summed E-state index contributed by atoms with van der Waals surface area (Å²) in [5.74, 6) is -0.404. The third-order valence-corrected chi connectivity index (χ3v) is 5.73. The van der Waals surface area contributed by atoms with Gasteiger partial charge in [0.25, 0.3) is 0 Å². The van der Waals surface area contributed by atoms with Gasteiger partial charge in [0.1, 0.15) is 0 Å². The summed E-state index contributed by atoms with van der Waals surface area (Å²) in [6.07, 6.45) is 0.949. The molecule has 4 rings (SSSR count). The lowest BCUT2D eigenvalue weighted by molar-refractivity contribution is -0.139. The van der Waals surface area contributed by atoms with E-state index in [4.69, 9.17) is 4.74 Å². The molecule has 2 heterocycles. The highest BCUT2D eigenvalue weighted by atomic mass is 16.5. The van der Waals surface area contributed by atoms with Crippen molar-refractivity contribution < 1.29 is 14.3 Å². The maximum absolute atomic E-state index is 13.0. The number of rotatable bonds is 5. The van der Waals surface area contributed by atoms with Crippen LogP contribution in [0.2, 0.25) is 0 Å². The van der Waals surface area contributed by atoms with Gasteiger partial charge in [0.05, 0.1) is 30.5 Å². The average molecular weight is 405 g/mol. The molecular formula is C24H27N3O3. The lowest BCUT2D eigenvalue weighted by atomic mass is 9.91. The summed E-state index contributed by atoms with van der Waals surface area (Å²) in [7, 11) is 0. The summed E-state index contributed by atoms with van der Waals surface area (Å²) >= 11 is 0. The molecule has 30 heavy (non-hydrogen) atoms. The van der Waals surface area contributed by atoms with Crippen LogP contribution in [-0.4, -0.2) is 31.7 Å². The quantitative estimate of drug-likeness (QED) is 0.747. The maximum Gasteiger partial charge on any atom is 0.338 e. The van der Waals surface area contributed by atoms with Gasteiger partial charge in [-0.15, -0.1) is 0 Å². The van der Waals surface area contributed by atoms with E-state index < -0.39 is 12.0 Å². The van der Waals surface area contributed by atoms with E-state index in [1.807, 2.05) is 44.2 Å². The first kappa shape index (κ1) is 20.0. The van der Waals surface area contributed by atoms with Gasteiger partial charge in [-0.3, -0.25) is 0 Å². The van der Waals surface area contributed by atoms with E-state index in [0.717, 1.165) is 35.3 Å². The molecule has 6 heteroatoms. The van der Waals surface area contributed by atoms with Crippen molar-refractivity contribution in [1.29, 1.82) is 0 Å². The van der Waals surface area contributed by atoms with Crippen LogP contribution in [-0.2, 0) is 16.0 Å². The van der Waals surface area contributed by atoms with Gasteiger partial charge in [-0.25, -0.2) is 9.59 Å². The van der Waals surface area contributed by atoms with Crippen molar-refractivity contribution in [1.82, 2.24) is 10.6 Å². The summed E-state index contributed by atoms with van der Waals surface area (Å²) in [4.78, 5) is 27.8. The van der Waals surface area contributed by atoms with Crippen LogP contribution in [0.4, 0.5) is 10.5 Å². The largest absolute Gasteiger partial charge is 0.463 e. The normalized spacial score (nSPS) is 18.0. The second-order valence-electron chi connectivity index (χ2n) is 7.80. The Bertz CT molecular complexity index is 1030. The number of benzene rings is 2. The number of para-hydroxylation sites is 1. The first-order valence-corrected chi connectivity index (χ1v) is 10.4. The standard InChI is InChI=1S/C24H27N3O3/c1-4-30-23(28)21-19(14-27-12-11-17-7-5-6-8-20(17)27)25-24(29)26-22(21)18-13-15(2)9-10-16(18)3/h5-10,13,22H,4,11-12,14H2,1-3H3,(H2,25,26,29)/t22-/m0/s1. The smallest absolute Gasteiger partial charge is 0.338 e. The fourth-order valence-electron chi connectivity index (χ4n) is 4.26. The van der Waals surface area contributed by atoms with Gasteiger partial charge in [0.2, 0.25) is 0 Å². The van der Waals surface area contributed by atoms with Crippen LogP contribution in [0.5, 0.6) is 0 Å². The number of hydrogen-bond acceptors (Lipinski definition) is 4. The van der Waals surface area contributed by atoms with Crippen LogP contribution in [0.3, 0.4) is 0 Å². The SMILES string of the molecule is CCOC(=O)C1=C(CN2CCc3ccccc32)NC(=O)N[C@H]1c1cc(C)ccc1C. The van der Waals surface area contributed by atoms with E-state index in [1.165, 1.54) is 5.56 Å². The minimum atomic E-state index is -0.550. The Balaban J connectivity index is 1.78. The zero-order chi connectivity index (χ0) is 21.3. The number of anilines is 1. The molecule has 0 aromatic heterocycles. The minimum Gasteiger partial charge on any atom is -0.463 e. The van der Waals surface area contributed by atoms with E-state index in [-0.39, 0.29) is 12.6 Å². The molecular weight excluding hydrogens is 378 g/mol. The molecule has 2 aliphatic rings. The third-order valence-electron chi connectivity index (χ3n) is 5.73. The molecule has 0 saturated heterocycles. The van der Waals surface area contributed by atoms with E-state index in [9.17, 15) is 9.59 Å². The molecule has 1 atom stereocenters. The molecule has 2 amide bonds. The van der Waals surface area contributed by atoms with Crippen LogP contribution in [0.25, 0.3) is 0 Å². The molecule has 0 unspecified atom stereocenters. The second-order valence-corrected chi connectivity index (χ2v) is 7.80. The highest BCUT2D eigenvalue weighted by molar-refractivity contribution is 5.95. The molecule has 0 fully saturated rings. The van der Waals surface area contributed by atoms with Gasteiger partial charge < -0.3 is 20.3 Å².